The van der Waals surface area contributed by atoms with Crippen molar-refractivity contribution in [1.82, 2.24) is 9.80 Å². The SMILES string of the molecule is CCN1CCC(N(C)C(=O)c2ccc(N)c(Br)c2)CC1. The Hall–Kier alpha value is -1.07. The fraction of sp³-hybridized carbons (Fsp3) is 0.533. The van der Waals surface area contributed by atoms with Crippen LogP contribution >= 0.6 is 15.9 Å². The van der Waals surface area contributed by atoms with Crippen LogP contribution in [0.15, 0.2) is 22.7 Å². The number of anilines is 1. The van der Waals surface area contributed by atoms with Crippen molar-refractivity contribution in [2.24, 2.45) is 0 Å². The molecule has 2 N–H and O–H groups in total. The lowest BCUT2D eigenvalue weighted by molar-refractivity contribution is 0.0647. The van der Waals surface area contributed by atoms with E-state index in [0.717, 1.165) is 36.9 Å². The van der Waals surface area contributed by atoms with Gasteiger partial charge in [0.05, 0.1) is 0 Å². The van der Waals surface area contributed by atoms with Crippen LogP contribution in [-0.4, -0.2) is 48.4 Å². The van der Waals surface area contributed by atoms with Crippen LogP contribution in [0.4, 0.5) is 5.69 Å². The molecule has 1 saturated heterocycles. The zero-order valence-electron chi connectivity index (χ0n) is 12.1. The molecule has 0 saturated carbocycles. The number of carbonyl (C=O) groups excluding carboxylic acids is 1. The number of rotatable bonds is 3. The van der Waals surface area contributed by atoms with Gasteiger partial charge < -0.3 is 15.5 Å². The average Bonchev–Trinajstić information content (AvgIpc) is 2.48. The second kappa shape index (κ2) is 6.59. The number of amides is 1. The van der Waals surface area contributed by atoms with E-state index in [4.69, 9.17) is 5.73 Å². The van der Waals surface area contributed by atoms with Crippen LogP contribution in [0, 0.1) is 0 Å². The Kier molecular flexibility index (Phi) is 5.05. The molecule has 0 bridgehead atoms. The Morgan fingerprint density at radius 3 is 2.65 bits per heavy atom. The lowest BCUT2D eigenvalue weighted by Gasteiger charge is -2.36. The molecular weight excluding hydrogens is 318 g/mol. The van der Waals surface area contributed by atoms with Gasteiger partial charge in [0.2, 0.25) is 0 Å². The number of benzene rings is 1. The van der Waals surface area contributed by atoms with Crippen molar-refractivity contribution in [2.75, 3.05) is 32.4 Å². The maximum absolute atomic E-state index is 12.5. The molecule has 1 aromatic rings. The average molecular weight is 340 g/mol. The molecule has 0 aliphatic carbocycles. The number of likely N-dealkylation sites (tertiary alicyclic amines) is 1. The zero-order valence-corrected chi connectivity index (χ0v) is 13.7. The number of hydrogen-bond donors (Lipinski definition) is 1. The van der Waals surface area contributed by atoms with Crippen molar-refractivity contribution in [3.8, 4) is 0 Å². The van der Waals surface area contributed by atoms with Crippen molar-refractivity contribution in [3.63, 3.8) is 0 Å². The number of piperidine rings is 1. The predicted molar refractivity (Wildman–Crippen MR) is 85.8 cm³/mol. The molecule has 0 radical (unpaired) electrons. The molecule has 2 rings (SSSR count). The second-order valence-electron chi connectivity index (χ2n) is 5.32. The molecule has 4 nitrogen and oxygen atoms in total. The van der Waals surface area contributed by atoms with E-state index in [1.807, 2.05) is 11.9 Å². The second-order valence-corrected chi connectivity index (χ2v) is 6.17. The van der Waals surface area contributed by atoms with Gasteiger partial charge in [-0.1, -0.05) is 6.92 Å². The highest BCUT2D eigenvalue weighted by atomic mass is 79.9. The molecule has 5 heteroatoms. The molecule has 1 aromatic carbocycles. The number of carbonyl (C=O) groups is 1. The minimum Gasteiger partial charge on any atom is -0.398 e. The first kappa shape index (κ1) is 15.3. The van der Waals surface area contributed by atoms with Gasteiger partial charge in [-0.3, -0.25) is 4.79 Å². The standard InChI is InChI=1S/C15H22BrN3O/c1-3-19-8-6-12(7-9-19)18(2)15(20)11-4-5-14(17)13(16)10-11/h4-5,10,12H,3,6-9,17H2,1-2H3. The van der Waals surface area contributed by atoms with E-state index < -0.39 is 0 Å². The summed E-state index contributed by atoms with van der Waals surface area (Å²) in [5, 5.41) is 0. The molecule has 0 atom stereocenters. The van der Waals surface area contributed by atoms with Gasteiger partial charge >= 0.3 is 0 Å². The third kappa shape index (κ3) is 3.33. The third-order valence-corrected chi connectivity index (χ3v) is 4.81. The lowest BCUT2D eigenvalue weighted by Crippen LogP contribution is -2.45. The largest absolute Gasteiger partial charge is 0.398 e. The van der Waals surface area contributed by atoms with Gasteiger partial charge in [-0.25, -0.2) is 0 Å². The Morgan fingerprint density at radius 1 is 1.45 bits per heavy atom. The minimum absolute atomic E-state index is 0.0700. The van der Waals surface area contributed by atoms with Crippen LogP contribution in [0.3, 0.4) is 0 Å². The maximum atomic E-state index is 12.5. The topological polar surface area (TPSA) is 49.6 Å². The van der Waals surface area contributed by atoms with Crippen molar-refractivity contribution in [3.05, 3.63) is 28.2 Å². The van der Waals surface area contributed by atoms with Crippen LogP contribution in [0.1, 0.15) is 30.1 Å². The van der Waals surface area contributed by atoms with Gasteiger partial charge in [0, 0.05) is 41.9 Å². The smallest absolute Gasteiger partial charge is 0.253 e. The van der Waals surface area contributed by atoms with Gasteiger partial charge in [0.15, 0.2) is 0 Å². The van der Waals surface area contributed by atoms with E-state index in [1.54, 1.807) is 18.2 Å². The fourth-order valence-electron chi connectivity index (χ4n) is 2.65. The summed E-state index contributed by atoms with van der Waals surface area (Å²) in [7, 11) is 1.90. The minimum atomic E-state index is 0.0700. The highest BCUT2D eigenvalue weighted by Gasteiger charge is 2.25. The van der Waals surface area contributed by atoms with Gasteiger partial charge in [-0.2, -0.15) is 0 Å². The van der Waals surface area contributed by atoms with E-state index in [1.165, 1.54) is 0 Å². The van der Waals surface area contributed by atoms with E-state index in [-0.39, 0.29) is 5.91 Å². The first-order chi connectivity index (χ1) is 9.52. The molecule has 0 spiro atoms. The summed E-state index contributed by atoms with van der Waals surface area (Å²) >= 11 is 3.37. The number of halogens is 1. The maximum Gasteiger partial charge on any atom is 0.253 e. The van der Waals surface area contributed by atoms with Crippen LogP contribution in [0.2, 0.25) is 0 Å². The van der Waals surface area contributed by atoms with Gasteiger partial charge in [0.25, 0.3) is 5.91 Å². The van der Waals surface area contributed by atoms with E-state index in [2.05, 4.69) is 27.8 Å². The van der Waals surface area contributed by atoms with Gasteiger partial charge in [0.1, 0.15) is 0 Å². The number of hydrogen-bond acceptors (Lipinski definition) is 3. The van der Waals surface area contributed by atoms with Crippen molar-refractivity contribution >= 4 is 27.5 Å². The van der Waals surface area contributed by atoms with Gasteiger partial charge in [-0.15, -0.1) is 0 Å². The number of nitrogens with two attached hydrogens (primary N) is 1. The quantitative estimate of drug-likeness (QED) is 0.861. The molecule has 1 aliphatic heterocycles. The zero-order chi connectivity index (χ0) is 14.7. The van der Waals surface area contributed by atoms with E-state index in [0.29, 0.717) is 17.3 Å². The monoisotopic (exact) mass is 339 g/mol. The van der Waals surface area contributed by atoms with Crippen molar-refractivity contribution in [2.45, 2.75) is 25.8 Å². The molecule has 0 aromatic heterocycles. The first-order valence-corrected chi connectivity index (χ1v) is 7.86. The number of nitrogens with zero attached hydrogens (tertiary/aromatic N) is 2. The highest BCUT2D eigenvalue weighted by Crippen LogP contribution is 2.23. The summed E-state index contributed by atoms with van der Waals surface area (Å²) in [4.78, 5) is 16.8. The summed E-state index contributed by atoms with van der Waals surface area (Å²) < 4.78 is 0.776. The summed E-state index contributed by atoms with van der Waals surface area (Å²) in [6, 6.07) is 5.70. The van der Waals surface area contributed by atoms with E-state index in [9.17, 15) is 4.79 Å². The predicted octanol–water partition coefficient (Wildman–Crippen LogP) is 2.59. The Bertz CT molecular complexity index is 484. The van der Waals surface area contributed by atoms with Crippen LogP contribution in [0.5, 0.6) is 0 Å². The van der Waals surface area contributed by atoms with Crippen molar-refractivity contribution in [1.29, 1.82) is 0 Å². The Labute approximate surface area is 129 Å². The Balaban J connectivity index is 2.03. The molecule has 1 heterocycles. The molecular formula is C15H22BrN3O. The van der Waals surface area contributed by atoms with Crippen molar-refractivity contribution < 1.29 is 4.79 Å². The summed E-state index contributed by atoms with van der Waals surface area (Å²) in [5.41, 5.74) is 7.10. The third-order valence-electron chi connectivity index (χ3n) is 4.12. The molecule has 110 valence electrons. The first-order valence-electron chi connectivity index (χ1n) is 7.07. The molecule has 20 heavy (non-hydrogen) atoms. The van der Waals surface area contributed by atoms with E-state index >= 15 is 0 Å². The number of nitrogen functional groups attached to an aromatic ring is 1. The summed E-state index contributed by atoms with van der Waals surface area (Å²) in [6.45, 7) is 5.42. The summed E-state index contributed by atoms with van der Waals surface area (Å²) in [6.07, 6.45) is 2.10. The molecule has 0 unspecified atom stereocenters. The van der Waals surface area contributed by atoms with Crippen LogP contribution in [0.25, 0.3) is 0 Å². The molecule has 1 fully saturated rings. The fourth-order valence-corrected chi connectivity index (χ4v) is 3.03. The lowest BCUT2D eigenvalue weighted by atomic mass is 10.0. The summed E-state index contributed by atoms with van der Waals surface area (Å²) in [5.74, 6) is 0.0700. The normalized spacial score (nSPS) is 17.1. The molecule has 1 amide bonds. The van der Waals surface area contributed by atoms with Crippen LogP contribution < -0.4 is 5.73 Å². The van der Waals surface area contributed by atoms with Gasteiger partial charge in [-0.05, 0) is 53.5 Å². The van der Waals surface area contributed by atoms with Crippen LogP contribution in [-0.2, 0) is 0 Å². The molecule has 1 aliphatic rings. The Morgan fingerprint density at radius 2 is 2.10 bits per heavy atom. The highest BCUT2D eigenvalue weighted by molar-refractivity contribution is 9.10.